The molecular formula is C15H24N2O4. The van der Waals surface area contributed by atoms with Crippen LogP contribution in [0.5, 0.6) is 0 Å². The monoisotopic (exact) mass is 296 g/mol. The minimum absolute atomic E-state index is 0.0622. The molecule has 2 aliphatic heterocycles. The van der Waals surface area contributed by atoms with Crippen LogP contribution in [-0.4, -0.2) is 72.7 Å². The fourth-order valence-electron chi connectivity index (χ4n) is 3.46. The van der Waals surface area contributed by atoms with Crippen LogP contribution in [0.4, 0.5) is 0 Å². The van der Waals surface area contributed by atoms with E-state index in [1.807, 2.05) is 4.90 Å². The minimum atomic E-state index is -0.824. The van der Waals surface area contributed by atoms with Gasteiger partial charge in [-0.15, -0.1) is 0 Å². The number of carbonyl (C=O) groups is 2. The smallest absolute Gasteiger partial charge is 0.307 e. The van der Waals surface area contributed by atoms with Crippen molar-refractivity contribution in [2.45, 2.75) is 19.3 Å². The lowest BCUT2D eigenvalue weighted by molar-refractivity contribution is -0.142. The SMILES string of the molecule is O=C(O)[C@H]1C[C@H]1C(=O)N1CCC(CN2CCOCC2)CC1. The number of ether oxygens (including phenoxy) is 1. The summed E-state index contributed by atoms with van der Waals surface area (Å²) in [6, 6.07) is 0. The maximum absolute atomic E-state index is 12.2. The van der Waals surface area contributed by atoms with Gasteiger partial charge in [-0.3, -0.25) is 14.5 Å². The Bertz CT molecular complexity index is 400. The highest BCUT2D eigenvalue weighted by Gasteiger charge is 2.50. The van der Waals surface area contributed by atoms with Gasteiger partial charge in [-0.2, -0.15) is 0 Å². The highest BCUT2D eigenvalue weighted by atomic mass is 16.5. The number of nitrogens with zero attached hydrogens (tertiary/aromatic N) is 2. The molecule has 1 N–H and O–H groups in total. The standard InChI is InChI=1S/C15H24N2O4/c18-14(12-9-13(12)15(19)20)17-3-1-11(2-4-17)10-16-5-7-21-8-6-16/h11-13H,1-10H2,(H,19,20)/t12-,13+/m1/s1. The second-order valence-corrected chi connectivity index (χ2v) is 6.47. The van der Waals surface area contributed by atoms with E-state index in [2.05, 4.69) is 4.90 Å². The summed E-state index contributed by atoms with van der Waals surface area (Å²) < 4.78 is 5.36. The Morgan fingerprint density at radius 1 is 1.05 bits per heavy atom. The van der Waals surface area contributed by atoms with E-state index in [-0.39, 0.29) is 11.8 Å². The molecule has 6 nitrogen and oxygen atoms in total. The first kappa shape index (κ1) is 14.8. The molecule has 0 unspecified atom stereocenters. The number of aliphatic carboxylic acids is 1. The van der Waals surface area contributed by atoms with Crippen molar-refractivity contribution in [2.24, 2.45) is 17.8 Å². The van der Waals surface area contributed by atoms with E-state index >= 15 is 0 Å². The summed E-state index contributed by atoms with van der Waals surface area (Å²) in [7, 11) is 0. The number of hydrogen-bond acceptors (Lipinski definition) is 4. The van der Waals surface area contributed by atoms with E-state index in [0.29, 0.717) is 12.3 Å². The molecule has 0 bridgehead atoms. The van der Waals surface area contributed by atoms with E-state index in [1.54, 1.807) is 0 Å². The number of likely N-dealkylation sites (tertiary alicyclic amines) is 1. The molecule has 1 saturated carbocycles. The van der Waals surface area contributed by atoms with E-state index < -0.39 is 11.9 Å². The first-order valence-electron chi connectivity index (χ1n) is 7.97. The van der Waals surface area contributed by atoms with Crippen molar-refractivity contribution >= 4 is 11.9 Å². The van der Waals surface area contributed by atoms with Gasteiger partial charge in [0.15, 0.2) is 0 Å². The van der Waals surface area contributed by atoms with Gasteiger partial charge in [0.2, 0.25) is 5.91 Å². The van der Waals surface area contributed by atoms with Gasteiger partial charge in [0.05, 0.1) is 25.0 Å². The van der Waals surface area contributed by atoms with Crippen LogP contribution in [0.3, 0.4) is 0 Å². The lowest BCUT2D eigenvalue weighted by atomic mass is 9.95. The molecule has 3 fully saturated rings. The Morgan fingerprint density at radius 2 is 1.71 bits per heavy atom. The number of morpholine rings is 1. The van der Waals surface area contributed by atoms with Gasteiger partial charge in [0.1, 0.15) is 0 Å². The fourth-order valence-corrected chi connectivity index (χ4v) is 3.46. The fraction of sp³-hybridized carbons (Fsp3) is 0.867. The molecule has 1 amide bonds. The van der Waals surface area contributed by atoms with Crippen LogP contribution in [0.2, 0.25) is 0 Å². The lowest BCUT2D eigenvalue weighted by Gasteiger charge is -2.36. The molecule has 3 rings (SSSR count). The second-order valence-electron chi connectivity index (χ2n) is 6.47. The highest BCUT2D eigenvalue weighted by Crippen LogP contribution is 2.40. The molecule has 21 heavy (non-hydrogen) atoms. The molecule has 6 heteroatoms. The van der Waals surface area contributed by atoms with Crippen molar-refractivity contribution in [1.82, 2.24) is 9.80 Å². The zero-order chi connectivity index (χ0) is 14.8. The molecule has 0 aromatic rings. The molecule has 3 aliphatic rings. The van der Waals surface area contributed by atoms with Gasteiger partial charge in [-0.25, -0.2) is 0 Å². The van der Waals surface area contributed by atoms with Gasteiger partial charge < -0.3 is 14.7 Å². The van der Waals surface area contributed by atoms with Crippen LogP contribution >= 0.6 is 0 Å². The Hall–Kier alpha value is -1.14. The Kier molecular flexibility index (Phi) is 4.45. The summed E-state index contributed by atoms with van der Waals surface area (Å²) in [5, 5.41) is 8.91. The predicted octanol–water partition coefficient (Wildman–Crippen LogP) is 0.278. The van der Waals surface area contributed by atoms with Gasteiger partial charge >= 0.3 is 5.97 Å². The van der Waals surface area contributed by atoms with Crippen LogP contribution in [0, 0.1) is 17.8 Å². The molecule has 2 saturated heterocycles. The maximum Gasteiger partial charge on any atom is 0.307 e. The topological polar surface area (TPSA) is 70.1 Å². The molecule has 2 heterocycles. The maximum atomic E-state index is 12.2. The van der Waals surface area contributed by atoms with Crippen LogP contribution in [-0.2, 0) is 14.3 Å². The summed E-state index contributed by atoms with van der Waals surface area (Å²) in [5.74, 6) is -0.786. The van der Waals surface area contributed by atoms with Crippen LogP contribution in [0.1, 0.15) is 19.3 Å². The van der Waals surface area contributed by atoms with Crippen molar-refractivity contribution in [3.63, 3.8) is 0 Å². The molecular weight excluding hydrogens is 272 g/mol. The quantitative estimate of drug-likeness (QED) is 0.807. The number of hydrogen-bond donors (Lipinski definition) is 1. The Balaban J connectivity index is 1.40. The van der Waals surface area contributed by atoms with Gasteiger partial charge in [-0.1, -0.05) is 0 Å². The summed E-state index contributed by atoms with van der Waals surface area (Å²) in [5.41, 5.74) is 0. The Morgan fingerprint density at radius 3 is 2.29 bits per heavy atom. The van der Waals surface area contributed by atoms with E-state index in [9.17, 15) is 9.59 Å². The zero-order valence-corrected chi connectivity index (χ0v) is 12.4. The zero-order valence-electron chi connectivity index (χ0n) is 12.4. The van der Waals surface area contributed by atoms with Crippen LogP contribution < -0.4 is 0 Å². The summed E-state index contributed by atoms with van der Waals surface area (Å²) in [6.45, 7) is 6.37. The summed E-state index contributed by atoms with van der Waals surface area (Å²) >= 11 is 0. The van der Waals surface area contributed by atoms with E-state index in [0.717, 1.165) is 58.8 Å². The first-order valence-corrected chi connectivity index (χ1v) is 7.97. The first-order chi connectivity index (χ1) is 10.1. The van der Waals surface area contributed by atoms with Crippen molar-refractivity contribution in [2.75, 3.05) is 45.9 Å². The average Bonchev–Trinajstić information content (AvgIpc) is 3.29. The molecule has 0 aromatic heterocycles. The summed E-state index contributed by atoms with van der Waals surface area (Å²) in [6.07, 6.45) is 2.60. The van der Waals surface area contributed by atoms with Crippen molar-refractivity contribution in [3.8, 4) is 0 Å². The van der Waals surface area contributed by atoms with Gasteiger partial charge in [-0.05, 0) is 25.2 Å². The number of carboxylic acids is 1. The van der Waals surface area contributed by atoms with Crippen molar-refractivity contribution in [3.05, 3.63) is 0 Å². The lowest BCUT2D eigenvalue weighted by Crippen LogP contribution is -2.44. The van der Waals surface area contributed by atoms with Crippen molar-refractivity contribution in [1.29, 1.82) is 0 Å². The number of amides is 1. The Labute approximate surface area is 125 Å². The van der Waals surface area contributed by atoms with Gasteiger partial charge in [0.25, 0.3) is 0 Å². The minimum Gasteiger partial charge on any atom is -0.481 e. The third kappa shape index (κ3) is 3.55. The van der Waals surface area contributed by atoms with Gasteiger partial charge in [0, 0.05) is 32.7 Å². The van der Waals surface area contributed by atoms with Crippen molar-refractivity contribution < 1.29 is 19.4 Å². The number of rotatable bonds is 4. The number of piperidine rings is 1. The molecule has 1 aliphatic carbocycles. The molecule has 0 radical (unpaired) electrons. The third-order valence-electron chi connectivity index (χ3n) is 4.97. The molecule has 0 spiro atoms. The number of carbonyl (C=O) groups excluding carboxylic acids is 1. The second kappa shape index (κ2) is 6.32. The highest BCUT2D eigenvalue weighted by molar-refractivity contribution is 5.89. The van der Waals surface area contributed by atoms with Crippen LogP contribution in [0.25, 0.3) is 0 Å². The third-order valence-corrected chi connectivity index (χ3v) is 4.97. The molecule has 0 aromatic carbocycles. The predicted molar refractivity (Wildman–Crippen MR) is 75.8 cm³/mol. The normalized spacial score (nSPS) is 31.1. The average molecular weight is 296 g/mol. The van der Waals surface area contributed by atoms with E-state index in [4.69, 9.17) is 9.84 Å². The molecule has 2 atom stereocenters. The van der Waals surface area contributed by atoms with E-state index in [1.165, 1.54) is 0 Å². The summed E-state index contributed by atoms with van der Waals surface area (Å²) in [4.78, 5) is 27.4. The largest absolute Gasteiger partial charge is 0.481 e. The van der Waals surface area contributed by atoms with Crippen LogP contribution in [0.15, 0.2) is 0 Å². The molecule has 118 valence electrons. The number of carboxylic acid groups (broad SMARTS) is 1.